The Bertz CT molecular complexity index is 872. The highest BCUT2D eigenvalue weighted by Gasteiger charge is 2.14. The maximum Gasteiger partial charge on any atom is 0.256 e. The lowest BCUT2D eigenvalue weighted by molar-refractivity contribution is 0.102. The van der Waals surface area contributed by atoms with Crippen molar-refractivity contribution < 1.29 is 22.0 Å². The molecule has 0 aliphatic rings. The Morgan fingerprint density at radius 1 is 1.13 bits per heavy atom. The van der Waals surface area contributed by atoms with Crippen LogP contribution in [-0.4, -0.2) is 20.6 Å². The van der Waals surface area contributed by atoms with Gasteiger partial charge in [-0.2, -0.15) is 0 Å². The van der Waals surface area contributed by atoms with Gasteiger partial charge in [-0.3, -0.25) is 9.52 Å². The normalized spacial score (nSPS) is 11.1. The SMILES string of the molecule is CS(=O)(=O)Nc1cc(NC(=O)c2cc(F)ccc2Br)ccc1F. The molecule has 1 amide bonds. The fourth-order valence-electron chi connectivity index (χ4n) is 1.75. The number of carbonyl (C=O) groups is 1. The second-order valence-electron chi connectivity index (χ2n) is 4.65. The van der Waals surface area contributed by atoms with Gasteiger partial charge in [0, 0.05) is 10.2 Å². The summed E-state index contributed by atoms with van der Waals surface area (Å²) in [5.41, 5.74) is -0.103. The van der Waals surface area contributed by atoms with Crippen molar-refractivity contribution in [3.05, 3.63) is 58.1 Å². The average Bonchev–Trinajstić information content (AvgIpc) is 2.43. The molecule has 2 N–H and O–H groups in total. The van der Waals surface area contributed by atoms with Crippen molar-refractivity contribution in [2.24, 2.45) is 0 Å². The van der Waals surface area contributed by atoms with Gasteiger partial charge in [-0.05, 0) is 52.3 Å². The van der Waals surface area contributed by atoms with E-state index in [0.717, 1.165) is 24.5 Å². The van der Waals surface area contributed by atoms with Gasteiger partial charge in [-0.25, -0.2) is 17.2 Å². The van der Waals surface area contributed by atoms with Gasteiger partial charge >= 0.3 is 0 Å². The number of carbonyl (C=O) groups excluding carboxylic acids is 1. The predicted octanol–water partition coefficient (Wildman–Crippen LogP) is 3.35. The molecule has 0 heterocycles. The number of hydrogen-bond donors (Lipinski definition) is 2. The molecule has 0 saturated heterocycles. The number of amides is 1. The van der Waals surface area contributed by atoms with Gasteiger partial charge in [0.05, 0.1) is 17.5 Å². The minimum atomic E-state index is -3.67. The monoisotopic (exact) mass is 404 g/mol. The van der Waals surface area contributed by atoms with Gasteiger partial charge in [-0.1, -0.05) is 0 Å². The molecule has 0 aliphatic carbocycles. The van der Waals surface area contributed by atoms with Crippen LogP contribution >= 0.6 is 15.9 Å². The van der Waals surface area contributed by atoms with Crippen molar-refractivity contribution in [1.82, 2.24) is 0 Å². The van der Waals surface area contributed by atoms with Crippen LogP contribution in [0.2, 0.25) is 0 Å². The Morgan fingerprint density at radius 2 is 1.83 bits per heavy atom. The first kappa shape index (κ1) is 17.4. The highest BCUT2D eigenvalue weighted by Crippen LogP contribution is 2.23. The smallest absolute Gasteiger partial charge is 0.256 e. The van der Waals surface area contributed by atoms with Crippen LogP contribution in [0.25, 0.3) is 0 Å². The molecule has 0 unspecified atom stereocenters. The van der Waals surface area contributed by atoms with E-state index < -0.39 is 27.6 Å². The van der Waals surface area contributed by atoms with E-state index in [1.54, 1.807) is 0 Å². The first-order valence-electron chi connectivity index (χ1n) is 6.19. The molecule has 5 nitrogen and oxygen atoms in total. The molecule has 0 radical (unpaired) electrons. The largest absolute Gasteiger partial charge is 0.322 e. The zero-order valence-electron chi connectivity index (χ0n) is 11.7. The van der Waals surface area contributed by atoms with Crippen molar-refractivity contribution in [2.75, 3.05) is 16.3 Å². The molecular weight excluding hydrogens is 394 g/mol. The van der Waals surface area contributed by atoms with E-state index in [-0.39, 0.29) is 16.9 Å². The van der Waals surface area contributed by atoms with Crippen LogP contribution in [0.5, 0.6) is 0 Å². The molecule has 0 atom stereocenters. The summed E-state index contributed by atoms with van der Waals surface area (Å²) in [5.74, 6) is -2.01. The fourth-order valence-corrected chi connectivity index (χ4v) is 2.73. The lowest BCUT2D eigenvalue weighted by atomic mass is 10.2. The van der Waals surface area contributed by atoms with E-state index in [4.69, 9.17) is 0 Å². The highest BCUT2D eigenvalue weighted by atomic mass is 79.9. The van der Waals surface area contributed by atoms with Crippen molar-refractivity contribution in [1.29, 1.82) is 0 Å². The van der Waals surface area contributed by atoms with Crippen LogP contribution in [-0.2, 0) is 10.0 Å². The van der Waals surface area contributed by atoms with E-state index in [9.17, 15) is 22.0 Å². The summed E-state index contributed by atoms with van der Waals surface area (Å²) in [6.45, 7) is 0. The Labute approximate surface area is 139 Å². The Balaban J connectivity index is 2.28. The van der Waals surface area contributed by atoms with Crippen molar-refractivity contribution in [3.63, 3.8) is 0 Å². The number of hydrogen-bond acceptors (Lipinski definition) is 3. The Morgan fingerprint density at radius 3 is 2.48 bits per heavy atom. The van der Waals surface area contributed by atoms with Crippen molar-refractivity contribution in [3.8, 4) is 0 Å². The summed E-state index contributed by atoms with van der Waals surface area (Å²) in [6, 6.07) is 7.00. The maximum atomic E-state index is 13.6. The fraction of sp³-hybridized carbons (Fsp3) is 0.0714. The molecule has 9 heteroatoms. The van der Waals surface area contributed by atoms with Gasteiger partial charge in [0.1, 0.15) is 11.6 Å². The van der Waals surface area contributed by atoms with Gasteiger partial charge < -0.3 is 5.32 Å². The second-order valence-corrected chi connectivity index (χ2v) is 7.25. The van der Waals surface area contributed by atoms with Gasteiger partial charge in [-0.15, -0.1) is 0 Å². The van der Waals surface area contributed by atoms with Crippen LogP contribution in [0.3, 0.4) is 0 Å². The number of anilines is 2. The molecule has 23 heavy (non-hydrogen) atoms. The molecule has 2 aromatic carbocycles. The van der Waals surface area contributed by atoms with E-state index in [2.05, 4.69) is 21.2 Å². The molecule has 0 aromatic heterocycles. The quantitative estimate of drug-likeness (QED) is 0.820. The van der Waals surface area contributed by atoms with E-state index in [1.165, 1.54) is 18.2 Å². The molecule has 122 valence electrons. The number of benzene rings is 2. The zero-order valence-corrected chi connectivity index (χ0v) is 14.1. The molecular formula is C14H11BrF2N2O3S. The number of sulfonamides is 1. The molecule has 0 spiro atoms. The van der Waals surface area contributed by atoms with Crippen LogP contribution < -0.4 is 10.0 Å². The molecule has 0 fully saturated rings. The summed E-state index contributed by atoms with van der Waals surface area (Å²) < 4.78 is 51.5. The lowest BCUT2D eigenvalue weighted by Crippen LogP contribution is -2.14. The van der Waals surface area contributed by atoms with Gasteiger partial charge in [0.15, 0.2) is 0 Å². The first-order chi connectivity index (χ1) is 10.7. The third kappa shape index (κ3) is 4.73. The van der Waals surface area contributed by atoms with Crippen LogP contribution in [0.4, 0.5) is 20.2 Å². The third-order valence-corrected chi connectivity index (χ3v) is 3.97. The summed E-state index contributed by atoms with van der Waals surface area (Å²) in [4.78, 5) is 12.1. The highest BCUT2D eigenvalue weighted by molar-refractivity contribution is 9.10. The van der Waals surface area contributed by atoms with Crippen LogP contribution in [0.15, 0.2) is 40.9 Å². The van der Waals surface area contributed by atoms with Crippen molar-refractivity contribution >= 4 is 43.2 Å². The third-order valence-electron chi connectivity index (χ3n) is 2.69. The first-order valence-corrected chi connectivity index (χ1v) is 8.88. The van der Waals surface area contributed by atoms with E-state index in [0.29, 0.717) is 4.47 Å². The molecule has 2 aromatic rings. The molecule has 0 bridgehead atoms. The summed E-state index contributed by atoms with van der Waals surface area (Å²) >= 11 is 3.13. The van der Waals surface area contributed by atoms with Crippen LogP contribution in [0.1, 0.15) is 10.4 Å². The van der Waals surface area contributed by atoms with E-state index >= 15 is 0 Å². The summed E-state index contributed by atoms with van der Waals surface area (Å²) in [5, 5.41) is 2.44. The minimum Gasteiger partial charge on any atom is -0.322 e. The maximum absolute atomic E-state index is 13.6. The Kier molecular flexibility index (Phi) is 5.00. The van der Waals surface area contributed by atoms with Gasteiger partial charge in [0.2, 0.25) is 10.0 Å². The predicted molar refractivity (Wildman–Crippen MR) is 86.9 cm³/mol. The lowest BCUT2D eigenvalue weighted by Gasteiger charge is -2.10. The Hall–Kier alpha value is -2.00. The molecule has 0 saturated carbocycles. The molecule has 0 aliphatic heterocycles. The molecule has 2 rings (SSSR count). The summed E-state index contributed by atoms with van der Waals surface area (Å²) in [6.07, 6.45) is 0.877. The minimum absolute atomic E-state index is 0.0481. The number of rotatable bonds is 4. The average molecular weight is 405 g/mol. The standard InChI is InChI=1S/C14H11BrF2N2O3S/c1-23(21,22)19-13-7-9(3-5-12(13)17)18-14(20)10-6-8(16)2-4-11(10)15/h2-7,19H,1H3,(H,18,20). The van der Waals surface area contributed by atoms with E-state index in [1.807, 2.05) is 4.72 Å². The van der Waals surface area contributed by atoms with Gasteiger partial charge in [0.25, 0.3) is 5.91 Å². The van der Waals surface area contributed by atoms with Crippen LogP contribution in [0, 0.1) is 11.6 Å². The number of halogens is 3. The zero-order chi connectivity index (χ0) is 17.2. The van der Waals surface area contributed by atoms with Crippen molar-refractivity contribution in [2.45, 2.75) is 0 Å². The number of nitrogens with one attached hydrogen (secondary N) is 2. The summed E-state index contributed by atoms with van der Waals surface area (Å²) in [7, 11) is -3.67. The second kappa shape index (κ2) is 6.63. The topological polar surface area (TPSA) is 75.3 Å².